The summed E-state index contributed by atoms with van der Waals surface area (Å²) < 4.78 is 4.69. The van der Waals surface area contributed by atoms with E-state index in [1.807, 2.05) is 12.1 Å². The maximum absolute atomic E-state index is 11.2. The summed E-state index contributed by atoms with van der Waals surface area (Å²) in [4.78, 5) is 11.2. The highest BCUT2D eigenvalue weighted by atomic mass is 16.5. The Morgan fingerprint density at radius 2 is 2.13 bits per heavy atom. The molecule has 0 aromatic heterocycles. The van der Waals surface area contributed by atoms with E-state index >= 15 is 0 Å². The smallest absolute Gasteiger partial charge is 0.306 e. The standard InChI is InChI=1S/C13H14O2/c1-9-7-10(8-13(14)15-2)12-6-4-3-5-11(9)12/h3-7,10H,8H2,1-2H3. The molecule has 0 radical (unpaired) electrons. The van der Waals surface area contributed by atoms with Crippen LogP contribution in [-0.2, 0) is 9.53 Å². The van der Waals surface area contributed by atoms with Gasteiger partial charge >= 0.3 is 5.97 Å². The maximum Gasteiger partial charge on any atom is 0.306 e. The summed E-state index contributed by atoms with van der Waals surface area (Å²) in [5.41, 5.74) is 3.74. The van der Waals surface area contributed by atoms with Crippen LogP contribution < -0.4 is 0 Å². The van der Waals surface area contributed by atoms with Crippen LogP contribution in [0.3, 0.4) is 0 Å². The van der Waals surface area contributed by atoms with Crippen LogP contribution in [0.2, 0.25) is 0 Å². The van der Waals surface area contributed by atoms with Crippen LogP contribution in [-0.4, -0.2) is 13.1 Å². The first-order valence-corrected chi connectivity index (χ1v) is 5.07. The Morgan fingerprint density at radius 1 is 1.40 bits per heavy atom. The van der Waals surface area contributed by atoms with Crippen LogP contribution in [0.25, 0.3) is 5.57 Å². The molecule has 1 aliphatic carbocycles. The number of ether oxygens (including phenoxy) is 1. The van der Waals surface area contributed by atoms with Crippen molar-refractivity contribution in [1.29, 1.82) is 0 Å². The minimum Gasteiger partial charge on any atom is -0.469 e. The van der Waals surface area contributed by atoms with Crippen LogP contribution in [0.4, 0.5) is 0 Å². The van der Waals surface area contributed by atoms with Gasteiger partial charge in [-0.15, -0.1) is 0 Å². The van der Waals surface area contributed by atoms with Crippen molar-refractivity contribution in [2.24, 2.45) is 0 Å². The molecule has 2 heteroatoms. The number of allylic oxidation sites excluding steroid dienone is 2. The van der Waals surface area contributed by atoms with Gasteiger partial charge in [-0.2, -0.15) is 0 Å². The molecule has 1 aliphatic rings. The second-order valence-corrected chi connectivity index (χ2v) is 3.82. The monoisotopic (exact) mass is 202 g/mol. The van der Waals surface area contributed by atoms with Gasteiger partial charge in [0.15, 0.2) is 0 Å². The van der Waals surface area contributed by atoms with Gasteiger partial charge in [0.25, 0.3) is 0 Å². The summed E-state index contributed by atoms with van der Waals surface area (Å²) in [6.07, 6.45) is 2.58. The number of esters is 1. The van der Waals surface area contributed by atoms with Crippen LogP contribution >= 0.6 is 0 Å². The zero-order valence-electron chi connectivity index (χ0n) is 8.99. The molecule has 78 valence electrons. The van der Waals surface area contributed by atoms with Crippen molar-refractivity contribution in [3.05, 3.63) is 41.5 Å². The summed E-state index contributed by atoms with van der Waals surface area (Å²) in [6, 6.07) is 8.21. The molecule has 0 fully saturated rings. The van der Waals surface area contributed by atoms with E-state index in [0.717, 1.165) is 0 Å². The van der Waals surface area contributed by atoms with E-state index < -0.39 is 0 Å². The van der Waals surface area contributed by atoms with Gasteiger partial charge in [0, 0.05) is 5.92 Å². The van der Waals surface area contributed by atoms with E-state index in [0.29, 0.717) is 6.42 Å². The lowest BCUT2D eigenvalue weighted by atomic mass is 9.97. The van der Waals surface area contributed by atoms with E-state index in [1.54, 1.807) is 0 Å². The first-order chi connectivity index (χ1) is 7.22. The van der Waals surface area contributed by atoms with E-state index in [9.17, 15) is 4.79 Å². The van der Waals surface area contributed by atoms with Gasteiger partial charge in [0.2, 0.25) is 0 Å². The van der Waals surface area contributed by atoms with Gasteiger partial charge in [-0.05, 0) is 23.6 Å². The number of rotatable bonds is 2. The molecule has 0 N–H and O–H groups in total. The highest BCUT2D eigenvalue weighted by Gasteiger charge is 2.22. The molecule has 2 nitrogen and oxygen atoms in total. The second kappa shape index (κ2) is 3.89. The number of hydrogen-bond donors (Lipinski definition) is 0. The third-order valence-electron chi connectivity index (χ3n) is 2.85. The molecule has 0 spiro atoms. The Labute approximate surface area is 89.6 Å². The molecule has 0 bridgehead atoms. The van der Waals surface area contributed by atoms with Crippen LogP contribution in [0, 0.1) is 0 Å². The first-order valence-electron chi connectivity index (χ1n) is 5.07. The molecule has 1 aromatic carbocycles. The Kier molecular flexibility index (Phi) is 2.58. The average Bonchev–Trinajstić information content (AvgIpc) is 2.57. The second-order valence-electron chi connectivity index (χ2n) is 3.82. The molecule has 15 heavy (non-hydrogen) atoms. The van der Waals surface area contributed by atoms with E-state index in [1.165, 1.54) is 23.8 Å². The predicted octanol–water partition coefficient (Wildman–Crippen LogP) is 2.75. The van der Waals surface area contributed by atoms with Crippen molar-refractivity contribution >= 4 is 11.5 Å². The molecule has 2 rings (SSSR count). The largest absolute Gasteiger partial charge is 0.469 e. The van der Waals surface area contributed by atoms with Crippen LogP contribution in [0.15, 0.2) is 30.3 Å². The van der Waals surface area contributed by atoms with Crippen molar-refractivity contribution in [1.82, 2.24) is 0 Å². The predicted molar refractivity (Wildman–Crippen MR) is 59.5 cm³/mol. The van der Waals surface area contributed by atoms with Crippen LogP contribution in [0.5, 0.6) is 0 Å². The Bertz CT molecular complexity index is 418. The lowest BCUT2D eigenvalue weighted by molar-refractivity contribution is -0.140. The zero-order chi connectivity index (χ0) is 10.8. The van der Waals surface area contributed by atoms with Crippen molar-refractivity contribution in [2.45, 2.75) is 19.3 Å². The number of carbonyl (C=O) groups is 1. The highest BCUT2D eigenvalue weighted by Crippen LogP contribution is 2.37. The molecule has 1 atom stereocenters. The normalized spacial score (nSPS) is 18.3. The van der Waals surface area contributed by atoms with Gasteiger partial charge in [0.05, 0.1) is 13.5 Å². The fourth-order valence-electron chi connectivity index (χ4n) is 2.09. The fourth-order valence-corrected chi connectivity index (χ4v) is 2.09. The summed E-state index contributed by atoms with van der Waals surface area (Å²) >= 11 is 0. The van der Waals surface area contributed by atoms with Gasteiger partial charge in [0.1, 0.15) is 0 Å². The van der Waals surface area contributed by atoms with Gasteiger partial charge < -0.3 is 4.74 Å². The topological polar surface area (TPSA) is 26.3 Å². The first kappa shape index (κ1) is 9.97. The fraction of sp³-hybridized carbons (Fsp3) is 0.308. The lowest BCUT2D eigenvalue weighted by Crippen LogP contribution is -2.05. The van der Waals surface area contributed by atoms with Gasteiger partial charge in [-0.25, -0.2) is 0 Å². The van der Waals surface area contributed by atoms with Crippen molar-refractivity contribution < 1.29 is 9.53 Å². The summed E-state index contributed by atoms with van der Waals surface area (Å²) in [6.45, 7) is 2.08. The third kappa shape index (κ3) is 1.80. The highest BCUT2D eigenvalue weighted by molar-refractivity contribution is 5.77. The molecule has 0 aliphatic heterocycles. The number of fused-ring (bicyclic) bond motifs is 1. The number of carbonyl (C=O) groups excluding carboxylic acids is 1. The lowest BCUT2D eigenvalue weighted by Gasteiger charge is -2.08. The number of benzene rings is 1. The molecule has 1 unspecified atom stereocenters. The zero-order valence-corrected chi connectivity index (χ0v) is 8.99. The van der Waals surface area contributed by atoms with Crippen LogP contribution in [0.1, 0.15) is 30.4 Å². The number of methoxy groups -OCH3 is 1. The summed E-state index contributed by atoms with van der Waals surface area (Å²) in [7, 11) is 1.43. The van der Waals surface area contributed by atoms with Gasteiger partial charge in [-0.3, -0.25) is 4.79 Å². The minimum absolute atomic E-state index is 0.152. The Morgan fingerprint density at radius 3 is 2.87 bits per heavy atom. The third-order valence-corrected chi connectivity index (χ3v) is 2.85. The molecular weight excluding hydrogens is 188 g/mol. The average molecular weight is 202 g/mol. The minimum atomic E-state index is -0.152. The molecular formula is C13H14O2. The van der Waals surface area contributed by atoms with Crippen molar-refractivity contribution in [3.63, 3.8) is 0 Å². The molecule has 0 heterocycles. The van der Waals surface area contributed by atoms with E-state index in [4.69, 9.17) is 4.74 Å². The van der Waals surface area contributed by atoms with Gasteiger partial charge in [-0.1, -0.05) is 30.3 Å². The van der Waals surface area contributed by atoms with Crippen molar-refractivity contribution in [2.75, 3.05) is 7.11 Å². The Hall–Kier alpha value is -1.57. The number of hydrogen-bond acceptors (Lipinski definition) is 2. The molecule has 0 saturated carbocycles. The van der Waals surface area contributed by atoms with E-state index in [-0.39, 0.29) is 11.9 Å². The summed E-state index contributed by atoms with van der Waals surface area (Å²) in [5.74, 6) is 0.0365. The molecule has 0 amide bonds. The SMILES string of the molecule is COC(=O)CC1C=C(C)c2ccccc21. The van der Waals surface area contributed by atoms with Crippen molar-refractivity contribution in [3.8, 4) is 0 Å². The molecule has 1 aromatic rings. The summed E-state index contributed by atoms with van der Waals surface area (Å²) in [5, 5.41) is 0. The van der Waals surface area contributed by atoms with E-state index in [2.05, 4.69) is 25.1 Å². The Balaban J connectivity index is 2.27. The quantitative estimate of drug-likeness (QED) is 0.689. The maximum atomic E-state index is 11.2. The molecule has 0 saturated heterocycles.